The smallest absolute Gasteiger partial charge is 0.160 e. The quantitative estimate of drug-likeness (QED) is 0.577. The molecule has 0 unspecified atom stereocenters. The van der Waals surface area contributed by atoms with E-state index in [1.165, 1.54) is 11.7 Å². The van der Waals surface area contributed by atoms with Crippen LogP contribution in [0.5, 0.6) is 0 Å². The van der Waals surface area contributed by atoms with Crippen molar-refractivity contribution in [2.45, 2.75) is 0 Å². The van der Waals surface area contributed by atoms with E-state index in [-0.39, 0.29) is 0 Å². The first-order chi connectivity index (χ1) is 9.31. The fourth-order valence-corrected chi connectivity index (χ4v) is 2.75. The molecule has 0 bridgehead atoms. The number of fused-ring (bicyclic) bond motifs is 3. The minimum Gasteiger partial charge on any atom is -0.293 e. The van der Waals surface area contributed by atoms with Gasteiger partial charge in [0.2, 0.25) is 0 Å². The zero-order valence-corrected chi connectivity index (χ0v) is 11.2. The number of imidazole rings is 1. The summed E-state index contributed by atoms with van der Waals surface area (Å²) in [5.74, 6) is 0.701. The molecule has 0 aliphatic heterocycles. The van der Waals surface area contributed by atoms with Gasteiger partial charge in [0.15, 0.2) is 5.82 Å². The van der Waals surface area contributed by atoms with Crippen LogP contribution in [0.4, 0.5) is 0 Å². The van der Waals surface area contributed by atoms with Crippen molar-refractivity contribution in [1.29, 1.82) is 0 Å². The summed E-state index contributed by atoms with van der Waals surface area (Å²) in [5, 5.41) is 0.705. The second kappa shape index (κ2) is 4.01. The molecule has 4 rings (SSSR count). The molecule has 0 aliphatic rings. The Labute approximate surface area is 117 Å². The molecule has 2 aromatic heterocycles. The van der Waals surface area contributed by atoms with E-state index < -0.39 is 0 Å². The van der Waals surface area contributed by atoms with E-state index >= 15 is 0 Å². The van der Waals surface area contributed by atoms with Crippen molar-refractivity contribution in [2.24, 2.45) is 0 Å². The van der Waals surface area contributed by atoms with Crippen molar-refractivity contribution < 1.29 is 0 Å². The standard InChI is InChI=1S/C13H7ClN4S/c14-8-3-1-7(2-4-8)13-15-9-5-6-10-12(11(9)16-13)18-19-17-10/h1-6,17H. The third-order valence-electron chi connectivity index (χ3n) is 2.97. The predicted octanol–water partition coefficient (Wildman–Crippen LogP) is 3.89. The highest BCUT2D eigenvalue weighted by atomic mass is 35.5. The van der Waals surface area contributed by atoms with Crippen molar-refractivity contribution >= 4 is 45.4 Å². The van der Waals surface area contributed by atoms with E-state index in [1.54, 1.807) is 0 Å². The molecule has 0 atom stereocenters. The third-order valence-corrected chi connectivity index (χ3v) is 3.81. The molecule has 0 radical (unpaired) electrons. The first-order valence-electron chi connectivity index (χ1n) is 5.68. The van der Waals surface area contributed by atoms with Gasteiger partial charge >= 0.3 is 0 Å². The molecular weight excluding hydrogens is 280 g/mol. The minimum atomic E-state index is 0.701. The molecule has 0 saturated heterocycles. The number of nitrogens with one attached hydrogen (secondary N) is 1. The lowest BCUT2D eigenvalue weighted by molar-refractivity contribution is 1.34. The van der Waals surface area contributed by atoms with Gasteiger partial charge in [0.1, 0.15) is 11.0 Å². The van der Waals surface area contributed by atoms with Crippen molar-refractivity contribution in [2.75, 3.05) is 0 Å². The lowest BCUT2D eigenvalue weighted by Gasteiger charge is -1.94. The molecule has 92 valence electrons. The first kappa shape index (κ1) is 10.9. The molecule has 4 aromatic rings. The molecule has 1 N–H and O–H groups in total. The summed E-state index contributed by atoms with van der Waals surface area (Å²) >= 11 is 7.20. The summed E-state index contributed by atoms with van der Waals surface area (Å²) < 4.78 is 7.44. The van der Waals surface area contributed by atoms with E-state index in [1.807, 2.05) is 36.4 Å². The summed E-state index contributed by atoms with van der Waals surface area (Å²) in [7, 11) is 0. The number of aromatic amines is 1. The van der Waals surface area contributed by atoms with Gasteiger partial charge in [-0.05, 0) is 36.4 Å². The summed E-state index contributed by atoms with van der Waals surface area (Å²) in [5.41, 5.74) is 4.50. The maximum atomic E-state index is 5.89. The van der Waals surface area contributed by atoms with Crippen molar-refractivity contribution in [3.63, 3.8) is 0 Å². The van der Waals surface area contributed by atoms with E-state index in [4.69, 9.17) is 11.6 Å². The van der Waals surface area contributed by atoms with Crippen molar-refractivity contribution in [3.8, 4) is 11.4 Å². The fraction of sp³-hybridized carbons (Fsp3) is 0. The van der Waals surface area contributed by atoms with Gasteiger partial charge in [-0.15, -0.1) is 0 Å². The van der Waals surface area contributed by atoms with E-state index in [2.05, 4.69) is 18.7 Å². The van der Waals surface area contributed by atoms with Crippen LogP contribution in [-0.4, -0.2) is 18.7 Å². The molecule has 0 fully saturated rings. The maximum absolute atomic E-state index is 5.89. The predicted molar refractivity (Wildman–Crippen MR) is 77.5 cm³/mol. The highest BCUT2D eigenvalue weighted by Gasteiger charge is 2.11. The van der Waals surface area contributed by atoms with Gasteiger partial charge in [-0.3, -0.25) is 4.37 Å². The van der Waals surface area contributed by atoms with E-state index in [0.717, 1.165) is 27.6 Å². The second-order valence-corrected chi connectivity index (χ2v) is 5.17. The number of halogens is 1. The maximum Gasteiger partial charge on any atom is 0.160 e. The Balaban J connectivity index is 1.98. The Kier molecular flexibility index (Phi) is 2.30. The minimum absolute atomic E-state index is 0.701. The number of hydrogen-bond acceptors (Lipinski definition) is 4. The number of rotatable bonds is 1. The Morgan fingerprint density at radius 2 is 1.79 bits per heavy atom. The molecule has 0 aliphatic carbocycles. The van der Waals surface area contributed by atoms with Gasteiger partial charge in [0, 0.05) is 22.3 Å². The first-order valence-corrected chi connectivity index (χ1v) is 6.83. The van der Waals surface area contributed by atoms with Crippen molar-refractivity contribution in [1.82, 2.24) is 18.7 Å². The van der Waals surface area contributed by atoms with Crippen molar-refractivity contribution in [3.05, 3.63) is 41.4 Å². The van der Waals surface area contributed by atoms with Crippen LogP contribution in [0.3, 0.4) is 0 Å². The third kappa shape index (κ3) is 1.70. The summed E-state index contributed by atoms with van der Waals surface area (Å²) in [6.07, 6.45) is 0. The average molecular weight is 287 g/mol. The van der Waals surface area contributed by atoms with Gasteiger partial charge in [-0.1, -0.05) is 11.6 Å². The molecular formula is C13H7ClN4S. The normalized spacial score (nSPS) is 11.4. The zero-order chi connectivity index (χ0) is 12.8. The molecule has 2 heterocycles. The van der Waals surface area contributed by atoms with E-state index in [0.29, 0.717) is 10.8 Å². The van der Waals surface area contributed by atoms with Crippen LogP contribution in [0.25, 0.3) is 33.5 Å². The number of hydrogen-bond donors (Lipinski definition) is 1. The van der Waals surface area contributed by atoms with Gasteiger partial charge < -0.3 is 0 Å². The van der Waals surface area contributed by atoms with Gasteiger partial charge in [0.25, 0.3) is 0 Å². The van der Waals surface area contributed by atoms with Crippen LogP contribution < -0.4 is 0 Å². The van der Waals surface area contributed by atoms with Crippen LogP contribution in [0, 0.1) is 0 Å². The second-order valence-electron chi connectivity index (χ2n) is 4.17. The summed E-state index contributed by atoms with van der Waals surface area (Å²) in [6.45, 7) is 0. The van der Waals surface area contributed by atoms with Gasteiger partial charge in [0.05, 0.1) is 11.0 Å². The van der Waals surface area contributed by atoms with Crippen LogP contribution in [0.15, 0.2) is 36.4 Å². The van der Waals surface area contributed by atoms with Crippen LogP contribution >= 0.6 is 23.3 Å². The largest absolute Gasteiger partial charge is 0.293 e. The number of benzene rings is 2. The highest BCUT2D eigenvalue weighted by molar-refractivity contribution is 7.00. The Hall–Kier alpha value is -1.98. The Bertz CT molecular complexity index is 879. The molecule has 0 amide bonds. The number of aromatic nitrogens is 4. The topological polar surface area (TPSA) is 54.5 Å². The van der Waals surface area contributed by atoms with E-state index in [9.17, 15) is 0 Å². The van der Waals surface area contributed by atoms with Crippen LogP contribution in [0.1, 0.15) is 0 Å². The van der Waals surface area contributed by atoms with Crippen LogP contribution in [-0.2, 0) is 0 Å². The summed E-state index contributed by atoms with van der Waals surface area (Å²) in [4.78, 5) is 9.12. The van der Waals surface area contributed by atoms with Crippen LogP contribution in [0.2, 0.25) is 5.02 Å². The highest BCUT2D eigenvalue weighted by Crippen LogP contribution is 2.26. The Morgan fingerprint density at radius 3 is 2.63 bits per heavy atom. The lowest BCUT2D eigenvalue weighted by atomic mass is 10.2. The SMILES string of the molecule is Clc1ccc(-c2nc3ccc4[nH]snc4c3n2)cc1. The summed E-state index contributed by atoms with van der Waals surface area (Å²) in [6, 6.07) is 11.4. The molecule has 0 spiro atoms. The molecule has 19 heavy (non-hydrogen) atoms. The number of H-pyrrole nitrogens is 1. The number of nitrogens with zero attached hydrogens (tertiary/aromatic N) is 3. The lowest BCUT2D eigenvalue weighted by Crippen LogP contribution is -1.79. The Morgan fingerprint density at radius 1 is 0.947 bits per heavy atom. The molecule has 4 nitrogen and oxygen atoms in total. The molecule has 0 saturated carbocycles. The average Bonchev–Trinajstić information content (AvgIpc) is 3.04. The van der Waals surface area contributed by atoms with Gasteiger partial charge in [-0.2, -0.15) is 4.37 Å². The zero-order valence-electron chi connectivity index (χ0n) is 9.59. The molecule has 6 heteroatoms. The molecule has 2 aromatic carbocycles. The monoisotopic (exact) mass is 286 g/mol. The van der Waals surface area contributed by atoms with Gasteiger partial charge in [-0.25, -0.2) is 9.97 Å². The fourth-order valence-electron chi connectivity index (χ4n) is 2.03.